The smallest absolute Gasteiger partial charge is 0.329 e. The molecule has 3 rings (SSSR count). The molecule has 7 nitrogen and oxygen atoms in total. The molecule has 1 N–H and O–H groups in total. The number of likely N-dealkylation sites (tertiary alicyclic amines) is 1. The highest BCUT2D eigenvalue weighted by Crippen LogP contribution is 2.51. The first-order valence-electron chi connectivity index (χ1n) is 12.3. The summed E-state index contributed by atoms with van der Waals surface area (Å²) in [6, 6.07) is 4.88. The molecule has 2 heterocycles. The third-order valence-electron chi connectivity index (χ3n) is 6.68. The van der Waals surface area contributed by atoms with Crippen molar-refractivity contribution in [2.45, 2.75) is 64.5 Å². The number of amides is 1. The average molecular weight is 515 g/mol. The summed E-state index contributed by atoms with van der Waals surface area (Å²) < 4.78 is 11.5. The van der Waals surface area contributed by atoms with Crippen LogP contribution in [-0.2, 0) is 14.9 Å². The Hall–Kier alpha value is -2.71. The number of benzene rings is 1. The highest BCUT2D eigenvalue weighted by atomic mass is 32.1. The van der Waals surface area contributed by atoms with Crippen LogP contribution in [0.1, 0.15) is 74.4 Å². The summed E-state index contributed by atoms with van der Waals surface area (Å²) in [5.74, 6) is -0.919. The fourth-order valence-electron chi connectivity index (χ4n) is 5.30. The largest absolute Gasteiger partial charge is 0.496 e. The third kappa shape index (κ3) is 5.49. The number of rotatable bonds is 10. The van der Waals surface area contributed by atoms with E-state index in [9.17, 15) is 14.7 Å². The lowest BCUT2D eigenvalue weighted by Gasteiger charge is -2.39. The number of hydrogen-bond donors (Lipinski definition) is 1. The van der Waals surface area contributed by atoms with Crippen molar-refractivity contribution in [3.05, 3.63) is 58.6 Å². The maximum absolute atomic E-state index is 14.3. The molecule has 1 aromatic heterocycles. The summed E-state index contributed by atoms with van der Waals surface area (Å²) in [6.07, 6.45) is 3.96. The number of carbonyl (C=O) groups excluding carboxylic acids is 1. The number of ether oxygens (including phenoxy) is 2. The van der Waals surface area contributed by atoms with Crippen LogP contribution in [0.4, 0.5) is 0 Å². The second-order valence-corrected chi connectivity index (χ2v) is 11.8. The topological polar surface area (TPSA) is 89.0 Å². The van der Waals surface area contributed by atoms with Gasteiger partial charge >= 0.3 is 5.97 Å². The summed E-state index contributed by atoms with van der Waals surface area (Å²) in [5, 5.41) is 13.2. The number of thiazole rings is 1. The molecular formula is C28H38N2O5S. The maximum Gasteiger partial charge on any atom is 0.329 e. The minimum absolute atomic E-state index is 0.0546. The van der Waals surface area contributed by atoms with Crippen LogP contribution >= 0.6 is 11.3 Å². The Morgan fingerprint density at radius 2 is 2.08 bits per heavy atom. The predicted molar refractivity (Wildman–Crippen MR) is 142 cm³/mol. The van der Waals surface area contributed by atoms with E-state index in [1.807, 2.05) is 25.3 Å². The highest BCUT2D eigenvalue weighted by Gasteiger charge is 2.59. The van der Waals surface area contributed by atoms with E-state index in [0.29, 0.717) is 36.0 Å². The molecule has 0 bridgehead atoms. The lowest BCUT2D eigenvalue weighted by atomic mass is 9.83. The van der Waals surface area contributed by atoms with E-state index < -0.39 is 17.6 Å². The molecule has 1 unspecified atom stereocenters. The molecular weight excluding hydrogens is 476 g/mol. The molecule has 1 aliphatic heterocycles. The number of aliphatic carboxylic acids is 1. The second-order valence-electron chi connectivity index (χ2n) is 10.9. The molecule has 1 aromatic carbocycles. The lowest BCUT2D eigenvalue weighted by Crippen LogP contribution is -2.54. The summed E-state index contributed by atoms with van der Waals surface area (Å²) >= 11 is 1.43. The average Bonchev–Trinajstić information content (AvgIpc) is 3.44. The zero-order chi connectivity index (χ0) is 26.7. The number of carbonyl (C=O) groups is 2. The Bertz CT molecular complexity index is 1080. The van der Waals surface area contributed by atoms with Crippen molar-refractivity contribution in [3.63, 3.8) is 0 Å². The SMILES string of the molecule is C=CCOC[C@@H]1CC(CC(C)C)(C(=O)O)N(C(=O)c2ccc(C(C)(C)C)c(OC)c2)[C@H]1c1nccs1. The van der Waals surface area contributed by atoms with Gasteiger partial charge in [-0.1, -0.05) is 46.8 Å². The van der Waals surface area contributed by atoms with Crippen LogP contribution in [0, 0.1) is 11.8 Å². The van der Waals surface area contributed by atoms with Crippen LogP contribution in [0.5, 0.6) is 5.75 Å². The first-order valence-corrected chi connectivity index (χ1v) is 13.2. The Balaban J connectivity index is 2.18. The fraction of sp³-hybridized carbons (Fsp3) is 0.536. The normalized spacial score (nSPS) is 22.1. The van der Waals surface area contributed by atoms with Crippen molar-refractivity contribution in [1.29, 1.82) is 0 Å². The first kappa shape index (κ1) is 27.9. The van der Waals surface area contributed by atoms with E-state index in [-0.39, 0.29) is 29.6 Å². The summed E-state index contributed by atoms with van der Waals surface area (Å²) in [6.45, 7) is 14.6. The fourth-order valence-corrected chi connectivity index (χ4v) is 6.12. The minimum Gasteiger partial charge on any atom is -0.496 e. The van der Waals surface area contributed by atoms with Crippen molar-refractivity contribution in [3.8, 4) is 5.75 Å². The van der Waals surface area contributed by atoms with Crippen LogP contribution in [0.2, 0.25) is 0 Å². The van der Waals surface area contributed by atoms with Gasteiger partial charge in [-0.15, -0.1) is 17.9 Å². The Morgan fingerprint density at radius 1 is 1.36 bits per heavy atom. The van der Waals surface area contributed by atoms with E-state index in [0.717, 1.165) is 5.56 Å². The Kier molecular flexibility index (Phi) is 8.62. The Labute approximate surface area is 218 Å². The van der Waals surface area contributed by atoms with Gasteiger partial charge in [0, 0.05) is 23.1 Å². The number of carboxylic acid groups (broad SMARTS) is 1. The number of hydrogen-bond acceptors (Lipinski definition) is 6. The summed E-state index contributed by atoms with van der Waals surface area (Å²) in [7, 11) is 1.58. The number of nitrogens with zero attached hydrogens (tertiary/aromatic N) is 2. The molecule has 36 heavy (non-hydrogen) atoms. The number of aromatic nitrogens is 1. The van der Waals surface area contributed by atoms with Crippen molar-refractivity contribution < 1.29 is 24.2 Å². The van der Waals surface area contributed by atoms with Crippen LogP contribution in [0.3, 0.4) is 0 Å². The van der Waals surface area contributed by atoms with Gasteiger partial charge in [0.2, 0.25) is 0 Å². The summed E-state index contributed by atoms with van der Waals surface area (Å²) in [4.78, 5) is 33.4. The monoisotopic (exact) mass is 514 g/mol. The second kappa shape index (κ2) is 11.1. The lowest BCUT2D eigenvalue weighted by molar-refractivity contribution is -0.150. The van der Waals surface area contributed by atoms with Gasteiger partial charge in [-0.25, -0.2) is 9.78 Å². The third-order valence-corrected chi connectivity index (χ3v) is 7.52. The Morgan fingerprint density at radius 3 is 2.61 bits per heavy atom. The van der Waals surface area contributed by atoms with Crippen LogP contribution in [0.25, 0.3) is 0 Å². The maximum atomic E-state index is 14.3. The van der Waals surface area contributed by atoms with E-state index in [2.05, 4.69) is 32.3 Å². The molecule has 3 atom stereocenters. The number of methoxy groups -OCH3 is 1. The van der Waals surface area contributed by atoms with Crippen molar-refractivity contribution in [2.24, 2.45) is 11.8 Å². The van der Waals surface area contributed by atoms with Gasteiger partial charge in [0.1, 0.15) is 16.3 Å². The van der Waals surface area contributed by atoms with Gasteiger partial charge in [0.15, 0.2) is 0 Å². The molecule has 1 saturated heterocycles. The molecule has 1 amide bonds. The van der Waals surface area contributed by atoms with E-state index in [1.54, 1.807) is 36.4 Å². The quantitative estimate of drug-likeness (QED) is 0.322. The van der Waals surface area contributed by atoms with Crippen molar-refractivity contribution in [2.75, 3.05) is 20.3 Å². The molecule has 0 spiro atoms. The molecule has 8 heteroatoms. The summed E-state index contributed by atoms with van der Waals surface area (Å²) in [5.41, 5.74) is -0.204. The standard InChI is InChI=1S/C28H38N2O5S/c1-8-12-35-17-20-16-28(26(32)33,15-18(2)3)30(23(20)24-29-11-13-36-24)25(31)19-9-10-21(27(4,5)6)22(14-19)34-7/h8-11,13-14,18,20,23H,1,12,15-17H2,2-7H3,(H,32,33)/t20-,23+,28?/m0/s1. The van der Waals surface area contributed by atoms with Gasteiger partial charge < -0.3 is 19.5 Å². The van der Waals surface area contributed by atoms with Gasteiger partial charge in [-0.3, -0.25) is 4.79 Å². The van der Waals surface area contributed by atoms with Gasteiger partial charge in [0.05, 0.1) is 26.4 Å². The van der Waals surface area contributed by atoms with Crippen molar-refractivity contribution >= 4 is 23.2 Å². The zero-order valence-corrected chi connectivity index (χ0v) is 22.9. The molecule has 2 aromatic rings. The van der Waals surface area contributed by atoms with Crippen molar-refractivity contribution in [1.82, 2.24) is 9.88 Å². The number of carboxylic acids is 1. The van der Waals surface area contributed by atoms with E-state index >= 15 is 0 Å². The van der Waals surface area contributed by atoms with Gasteiger partial charge in [-0.05, 0) is 41.9 Å². The molecule has 196 valence electrons. The van der Waals surface area contributed by atoms with E-state index in [1.165, 1.54) is 11.3 Å². The van der Waals surface area contributed by atoms with Crippen LogP contribution < -0.4 is 4.74 Å². The van der Waals surface area contributed by atoms with Crippen LogP contribution in [0.15, 0.2) is 42.4 Å². The van der Waals surface area contributed by atoms with Gasteiger partial charge in [0.25, 0.3) is 5.91 Å². The van der Waals surface area contributed by atoms with E-state index in [4.69, 9.17) is 9.47 Å². The molecule has 1 aliphatic rings. The first-order chi connectivity index (χ1) is 17.0. The molecule has 1 fully saturated rings. The molecule has 0 saturated carbocycles. The van der Waals surface area contributed by atoms with Crippen LogP contribution in [-0.4, -0.2) is 52.7 Å². The minimum atomic E-state index is -1.39. The highest BCUT2D eigenvalue weighted by molar-refractivity contribution is 7.09. The van der Waals surface area contributed by atoms with Gasteiger partial charge in [-0.2, -0.15) is 0 Å². The molecule has 0 aliphatic carbocycles. The predicted octanol–water partition coefficient (Wildman–Crippen LogP) is 5.72. The molecule has 0 radical (unpaired) electrons. The zero-order valence-electron chi connectivity index (χ0n) is 22.1.